The summed E-state index contributed by atoms with van der Waals surface area (Å²) >= 11 is 0. The zero-order chi connectivity index (χ0) is 11.5. The molecule has 3 N–H and O–H groups in total. The van der Waals surface area contributed by atoms with Crippen molar-refractivity contribution in [3.05, 3.63) is 29.8 Å². The lowest BCUT2D eigenvalue weighted by Gasteiger charge is -2.02. The number of hydrazone groups is 1. The normalized spacial score (nSPS) is 15.9. The van der Waals surface area contributed by atoms with Crippen molar-refractivity contribution in [3.63, 3.8) is 0 Å². The molecule has 1 amide bonds. The van der Waals surface area contributed by atoms with Gasteiger partial charge in [0.05, 0.1) is 5.71 Å². The summed E-state index contributed by atoms with van der Waals surface area (Å²) in [6, 6.07) is 7.44. The van der Waals surface area contributed by atoms with E-state index in [0.717, 1.165) is 24.1 Å². The van der Waals surface area contributed by atoms with Gasteiger partial charge in [0.25, 0.3) is 0 Å². The molecule has 2 rings (SSSR count). The van der Waals surface area contributed by atoms with Crippen LogP contribution < -0.4 is 11.2 Å². The molecule has 1 aromatic rings. The van der Waals surface area contributed by atoms with E-state index < -0.39 is 0 Å². The fourth-order valence-electron chi connectivity index (χ4n) is 1.40. The van der Waals surface area contributed by atoms with Gasteiger partial charge < -0.3 is 5.73 Å². The summed E-state index contributed by atoms with van der Waals surface area (Å²) in [6.45, 7) is 1.85. The molecule has 1 aliphatic carbocycles. The van der Waals surface area contributed by atoms with Crippen molar-refractivity contribution in [2.45, 2.75) is 19.8 Å². The topological polar surface area (TPSA) is 67.5 Å². The number of nitrogens with two attached hydrogens (primary N) is 1. The number of carbonyl (C=O) groups is 1. The van der Waals surface area contributed by atoms with E-state index in [1.54, 1.807) is 0 Å². The van der Waals surface area contributed by atoms with Crippen molar-refractivity contribution in [3.8, 4) is 0 Å². The molecule has 0 radical (unpaired) electrons. The first-order valence-corrected chi connectivity index (χ1v) is 5.37. The predicted octanol–water partition coefficient (Wildman–Crippen LogP) is 1.52. The van der Waals surface area contributed by atoms with Gasteiger partial charge in [-0.05, 0) is 37.5 Å². The van der Waals surface area contributed by atoms with Gasteiger partial charge in [0, 0.05) is 11.6 Å². The van der Waals surface area contributed by atoms with Gasteiger partial charge in [-0.1, -0.05) is 12.1 Å². The van der Waals surface area contributed by atoms with E-state index in [1.165, 1.54) is 0 Å². The van der Waals surface area contributed by atoms with E-state index >= 15 is 0 Å². The largest absolute Gasteiger partial charge is 0.399 e. The van der Waals surface area contributed by atoms with E-state index in [2.05, 4.69) is 10.5 Å². The van der Waals surface area contributed by atoms with Crippen LogP contribution in [0.25, 0.3) is 0 Å². The number of benzene rings is 1. The molecular formula is C12H15N3O. The third-order valence-electron chi connectivity index (χ3n) is 2.59. The molecular weight excluding hydrogens is 202 g/mol. The smallest absolute Gasteiger partial charge is 0.243 e. The molecule has 0 spiro atoms. The van der Waals surface area contributed by atoms with Gasteiger partial charge >= 0.3 is 0 Å². The standard InChI is InChI=1S/C12H15N3O/c1-8(10-3-2-4-11(13)7-10)14-15-12(16)9-5-6-9/h2-4,7,9H,5-6,13H2,1H3,(H,15,16)/b14-8-. The van der Waals surface area contributed by atoms with Crippen molar-refractivity contribution < 1.29 is 4.79 Å². The number of hydrogen-bond acceptors (Lipinski definition) is 3. The SMILES string of the molecule is C/C(=N/NC(=O)C1CC1)c1cccc(N)c1. The Labute approximate surface area is 94.5 Å². The molecule has 0 bridgehead atoms. The fourth-order valence-corrected chi connectivity index (χ4v) is 1.40. The number of nitrogens with one attached hydrogen (secondary N) is 1. The fraction of sp³-hybridized carbons (Fsp3) is 0.333. The van der Waals surface area contributed by atoms with Crippen LogP contribution in [-0.4, -0.2) is 11.6 Å². The average Bonchev–Trinajstić information content (AvgIpc) is 3.09. The first-order chi connectivity index (χ1) is 7.66. The van der Waals surface area contributed by atoms with Gasteiger partial charge in [0.1, 0.15) is 0 Å². The minimum Gasteiger partial charge on any atom is -0.399 e. The number of amides is 1. The van der Waals surface area contributed by atoms with Crippen LogP contribution in [0.2, 0.25) is 0 Å². The maximum atomic E-state index is 11.4. The average molecular weight is 217 g/mol. The van der Waals surface area contributed by atoms with Gasteiger partial charge in [0.15, 0.2) is 0 Å². The molecule has 0 aliphatic heterocycles. The van der Waals surface area contributed by atoms with E-state index in [4.69, 9.17) is 5.73 Å². The molecule has 4 heteroatoms. The van der Waals surface area contributed by atoms with Crippen molar-refractivity contribution in [2.24, 2.45) is 11.0 Å². The Balaban J connectivity index is 2.02. The van der Waals surface area contributed by atoms with Gasteiger partial charge in [-0.15, -0.1) is 0 Å². The van der Waals surface area contributed by atoms with Crippen molar-refractivity contribution in [1.82, 2.24) is 5.43 Å². The maximum Gasteiger partial charge on any atom is 0.243 e. The highest BCUT2D eigenvalue weighted by molar-refractivity contribution is 6.00. The molecule has 16 heavy (non-hydrogen) atoms. The summed E-state index contributed by atoms with van der Waals surface area (Å²) in [5.41, 5.74) is 10.6. The summed E-state index contributed by atoms with van der Waals surface area (Å²) in [4.78, 5) is 11.4. The van der Waals surface area contributed by atoms with Crippen molar-refractivity contribution in [2.75, 3.05) is 5.73 Å². The van der Waals surface area contributed by atoms with Gasteiger partial charge in [-0.25, -0.2) is 5.43 Å². The summed E-state index contributed by atoms with van der Waals surface area (Å²) in [6.07, 6.45) is 1.97. The van der Waals surface area contributed by atoms with E-state index in [9.17, 15) is 4.79 Å². The van der Waals surface area contributed by atoms with Crippen molar-refractivity contribution >= 4 is 17.3 Å². The van der Waals surface area contributed by atoms with Gasteiger partial charge in [-0.3, -0.25) is 4.79 Å². The Morgan fingerprint density at radius 2 is 2.25 bits per heavy atom. The molecule has 1 aromatic carbocycles. The third kappa shape index (κ3) is 2.59. The summed E-state index contributed by atoms with van der Waals surface area (Å²) in [5.74, 6) is 0.195. The number of rotatable bonds is 3. The van der Waals surface area contributed by atoms with Gasteiger partial charge in [-0.2, -0.15) is 5.10 Å². The van der Waals surface area contributed by atoms with E-state index in [-0.39, 0.29) is 11.8 Å². The highest BCUT2D eigenvalue weighted by Crippen LogP contribution is 2.28. The Hall–Kier alpha value is -1.84. The lowest BCUT2D eigenvalue weighted by atomic mass is 10.1. The monoisotopic (exact) mass is 217 g/mol. The molecule has 1 saturated carbocycles. The molecule has 1 fully saturated rings. The lowest BCUT2D eigenvalue weighted by Crippen LogP contribution is -2.20. The molecule has 1 aliphatic rings. The van der Waals surface area contributed by atoms with Gasteiger partial charge in [0.2, 0.25) is 5.91 Å². The quantitative estimate of drug-likeness (QED) is 0.458. The Kier molecular flexibility index (Phi) is 2.90. The van der Waals surface area contributed by atoms with Crippen LogP contribution in [0.3, 0.4) is 0 Å². The third-order valence-corrected chi connectivity index (χ3v) is 2.59. The summed E-state index contributed by atoms with van der Waals surface area (Å²) in [5, 5.41) is 4.06. The Morgan fingerprint density at radius 3 is 2.88 bits per heavy atom. The number of carbonyl (C=O) groups excluding carboxylic acids is 1. The number of anilines is 1. The minimum atomic E-state index is 0.0169. The molecule has 84 valence electrons. The highest BCUT2D eigenvalue weighted by atomic mass is 16.2. The number of nitrogen functional groups attached to an aromatic ring is 1. The van der Waals surface area contributed by atoms with Crippen LogP contribution in [0.4, 0.5) is 5.69 Å². The molecule has 0 aromatic heterocycles. The molecule has 0 saturated heterocycles. The zero-order valence-corrected chi connectivity index (χ0v) is 9.23. The molecule has 4 nitrogen and oxygen atoms in total. The first kappa shape index (κ1) is 10.7. The minimum absolute atomic E-state index is 0.0169. The van der Waals surface area contributed by atoms with E-state index in [0.29, 0.717) is 5.69 Å². The van der Waals surface area contributed by atoms with Crippen LogP contribution in [-0.2, 0) is 4.79 Å². The zero-order valence-electron chi connectivity index (χ0n) is 9.23. The molecule has 0 unspecified atom stereocenters. The second-order valence-corrected chi connectivity index (χ2v) is 4.07. The number of hydrogen-bond donors (Lipinski definition) is 2. The number of nitrogens with zero attached hydrogens (tertiary/aromatic N) is 1. The van der Waals surface area contributed by atoms with Crippen LogP contribution in [0.15, 0.2) is 29.4 Å². The Morgan fingerprint density at radius 1 is 1.50 bits per heavy atom. The van der Waals surface area contributed by atoms with Crippen LogP contribution in [0, 0.1) is 5.92 Å². The van der Waals surface area contributed by atoms with Crippen LogP contribution in [0.5, 0.6) is 0 Å². The van der Waals surface area contributed by atoms with Crippen LogP contribution >= 0.6 is 0 Å². The second kappa shape index (κ2) is 4.35. The van der Waals surface area contributed by atoms with Crippen LogP contribution in [0.1, 0.15) is 25.3 Å². The highest BCUT2D eigenvalue weighted by Gasteiger charge is 2.29. The predicted molar refractivity (Wildman–Crippen MR) is 63.9 cm³/mol. The van der Waals surface area contributed by atoms with E-state index in [1.807, 2.05) is 31.2 Å². The first-order valence-electron chi connectivity index (χ1n) is 5.37. The summed E-state index contributed by atoms with van der Waals surface area (Å²) < 4.78 is 0. The molecule has 0 atom stereocenters. The Bertz CT molecular complexity index is 436. The maximum absolute atomic E-state index is 11.4. The summed E-state index contributed by atoms with van der Waals surface area (Å²) in [7, 11) is 0. The molecule has 0 heterocycles. The van der Waals surface area contributed by atoms with Crippen molar-refractivity contribution in [1.29, 1.82) is 0 Å². The second-order valence-electron chi connectivity index (χ2n) is 4.07. The lowest BCUT2D eigenvalue weighted by molar-refractivity contribution is -0.122.